The smallest absolute Gasteiger partial charge is 0.0471 e. The summed E-state index contributed by atoms with van der Waals surface area (Å²) in [4.78, 5) is 2.67. The van der Waals surface area contributed by atoms with Crippen LogP contribution in [0.2, 0.25) is 0 Å². The molecule has 1 aliphatic heterocycles. The molecule has 3 heteroatoms. The monoisotopic (exact) mass is 294 g/mol. The Bertz CT molecular complexity index is 308. The van der Waals surface area contributed by atoms with Gasteiger partial charge in [-0.1, -0.05) is 25.7 Å². The van der Waals surface area contributed by atoms with Crippen molar-refractivity contribution < 1.29 is 5.11 Å². The fraction of sp³-hybridized carbons (Fsp3) is 1.00. The Balaban J connectivity index is 1.59. The second-order valence-corrected chi connectivity index (χ2v) is 8.00. The second-order valence-electron chi connectivity index (χ2n) is 8.00. The quantitative estimate of drug-likeness (QED) is 0.740. The topological polar surface area (TPSA) is 35.5 Å². The Kier molecular flexibility index (Phi) is 5.58. The molecule has 2 saturated carbocycles. The second kappa shape index (κ2) is 7.43. The molecule has 1 atom stereocenters. The third-order valence-corrected chi connectivity index (χ3v) is 5.93. The molecule has 3 aliphatic rings. The van der Waals surface area contributed by atoms with Crippen LogP contribution in [0.5, 0.6) is 0 Å². The fourth-order valence-corrected chi connectivity index (χ4v) is 4.44. The zero-order valence-electron chi connectivity index (χ0n) is 13.7. The molecule has 1 saturated heterocycles. The number of nitrogens with zero attached hydrogens (tertiary/aromatic N) is 1. The van der Waals surface area contributed by atoms with Crippen molar-refractivity contribution >= 4 is 0 Å². The maximum absolute atomic E-state index is 9.47. The summed E-state index contributed by atoms with van der Waals surface area (Å²) in [6.45, 7) is 5.26. The van der Waals surface area contributed by atoms with E-state index in [0.717, 1.165) is 12.6 Å². The number of nitrogens with one attached hydrogen (secondary N) is 1. The fourth-order valence-electron chi connectivity index (χ4n) is 4.44. The van der Waals surface area contributed by atoms with Gasteiger partial charge in [-0.2, -0.15) is 0 Å². The molecule has 0 aromatic carbocycles. The molecular formula is C18H34N2O. The van der Waals surface area contributed by atoms with E-state index in [4.69, 9.17) is 0 Å². The highest BCUT2D eigenvalue weighted by Crippen LogP contribution is 2.37. The SMILES string of the molecule is OCC1CCCN(CC2(CNC3CC3)CCCCCC2)C1. The molecule has 2 aliphatic carbocycles. The minimum absolute atomic E-state index is 0.379. The Morgan fingerprint density at radius 1 is 1.00 bits per heavy atom. The van der Waals surface area contributed by atoms with Crippen LogP contribution in [-0.4, -0.2) is 48.8 Å². The average molecular weight is 294 g/mol. The number of rotatable bonds is 6. The van der Waals surface area contributed by atoms with Crippen molar-refractivity contribution in [2.24, 2.45) is 11.3 Å². The summed E-state index contributed by atoms with van der Waals surface area (Å²) in [6, 6.07) is 0.830. The highest BCUT2D eigenvalue weighted by atomic mass is 16.3. The van der Waals surface area contributed by atoms with E-state index in [2.05, 4.69) is 10.2 Å². The highest BCUT2D eigenvalue weighted by Gasteiger charge is 2.35. The lowest BCUT2D eigenvalue weighted by Gasteiger charge is -2.41. The highest BCUT2D eigenvalue weighted by molar-refractivity contribution is 4.91. The molecule has 2 N–H and O–H groups in total. The van der Waals surface area contributed by atoms with Gasteiger partial charge in [0.05, 0.1) is 0 Å². The van der Waals surface area contributed by atoms with E-state index in [0.29, 0.717) is 17.9 Å². The van der Waals surface area contributed by atoms with Crippen LogP contribution in [0.4, 0.5) is 0 Å². The van der Waals surface area contributed by atoms with Crippen LogP contribution in [0.1, 0.15) is 64.2 Å². The van der Waals surface area contributed by atoms with E-state index in [1.165, 1.54) is 83.8 Å². The Morgan fingerprint density at radius 2 is 1.76 bits per heavy atom. The van der Waals surface area contributed by atoms with Crippen molar-refractivity contribution in [1.29, 1.82) is 0 Å². The average Bonchev–Trinajstić information content (AvgIpc) is 3.33. The minimum atomic E-state index is 0.379. The van der Waals surface area contributed by atoms with Crippen molar-refractivity contribution in [3.05, 3.63) is 0 Å². The van der Waals surface area contributed by atoms with Gasteiger partial charge in [0.2, 0.25) is 0 Å². The van der Waals surface area contributed by atoms with Gasteiger partial charge in [-0.3, -0.25) is 0 Å². The number of piperidine rings is 1. The molecule has 0 amide bonds. The molecular weight excluding hydrogens is 260 g/mol. The minimum Gasteiger partial charge on any atom is -0.396 e. The van der Waals surface area contributed by atoms with E-state index < -0.39 is 0 Å². The van der Waals surface area contributed by atoms with Gasteiger partial charge in [-0.15, -0.1) is 0 Å². The van der Waals surface area contributed by atoms with Crippen molar-refractivity contribution in [3.8, 4) is 0 Å². The third-order valence-electron chi connectivity index (χ3n) is 5.93. The summed E-state index contributed by atoms with van der Waals surface area (Å²) < 4.78 is 0. The van der Waals surface area contributed by atoms with Gasteiger partial charge in [0.15, 0.2) is 0 Å². The molecule has 21 heavy (non-hydrogen) atoms. The Labute approximate surface area is 130 Å². The van der Waals surface area contributed by atoms with Crippen molar-refractivity contribution in [2.45, 2.75) is 70.3 Å². The summed E-state index contributed by atoms with van der Waals surface area (Å²) >= 11 is 0. The Hall–Kier alpha value is -0.120. The first kappa shape index (κ1) is 15.8. The number of aliphatic hydroxyl groups excluding tert-OH is 1. The zero-order chi connectivity index (χ0) is 14.5. The Morgan fingerprint density at radius 3 is 2.43 bits per heavy atom. The standard InChI is InChI=1S/C18H34N2O/c21-13-16-6-5-11-20(12-16)15-18(14-19-17-7-8-17)9-3-1-2-4-10-18/h16-17,19,21H,1-15H2. The molecule has 1 heterocycles. The van der Waals surface area contributed by atoms with E-state index in [1.807, 2.05) is 0 Å². The predicted octanol–water partition coefficient (Wildman–Crippen LogP) is 2.78. The van der Waals surface area contributed by atoms with Crippen LogP contribution >= 0.6 is 0 Å². The molecule has 122 valence electrons. The molecule has 0 aromatic rings. The van der Waals surface area contributed by atoms with Crippen LogP contribution in [0.15, 0.2) is 0 Å². The van der Waals surface area contributed by atoms with Gasteiger partial charge in [0.25, 0.3) is 0 Å². The summed E-state index contributed by atoms with van der Waals surface area (Å²) in [5, 5.41) is 13.3. The summed E-state index contributed by atoms with van der Waals surface area (Å²) in [5.41, 5.74) is 0.510. The van der Waals surface area contributed by atoms with Crippen molar-refractivity contribution in [2.75, 3.05) is 32.8 Å². The molecule has 1 unspecified atom stereocenters. The molecule has 0 bridgehead atoms. The van der Waals surface area contributed by atoms with Gasteiger partial charge >= 0.3 is 0 Å². The number of hydrogen-bond acceptors (Lipinski definition) is 3. The lowest BCUT2D eigenvalue weighted by molar-refractivity contribution is 0.0689. The largest absolute Gasteiger partial charge is 0.396 e. The van der Waals surface area contributed by atoms with Gasteiger partial charge < -0.3 is 15.3 Å². The van der Waals surface area contributed by atoms with Crippen molar-refractivity contribution in [3.63, 3.8) is 0 Å². The van der Waals surface area contributed by atoms with E-state index in [9.17, 15) is 5.11 Å². The maximum Gasteiger partial charge on any atom is 0.0471 e. The van der Waals surface area contributed by atoms with Gasteiger partial charge in [0.1, 0.15) is 0 Å². The molecule has 0 aromatic heterocycles. The molecule has 0 radical (unpaired) electrons. The first-order chi connectivity index (χ1) is 10.3. The normalized spacial score (nSPS) is 31.0. The number of aliphatic hydroxyl groups is 1. The molecule has 0 spiro atoms. The van der Waals surface area contributed by atoms with Crippen LogP contribution in [0, 0.1) is 11.3 Å². The summed E-state index contributed by atoms with van der Waals surface area (Å²) in [6.07, 6.45) is 13.8. The first-order valence-corrected chi connectivity index (χ1v) is 9.36. The van der Waals surface area contributed by atoms with E-state index >= 15 is 0 Å². The first-order valence-electron chi connectivity index (χ1n) is 9.36. The molecule has 3 fully saturated rings. The van der Waals surface area contributed by atoms with Gasteiger partial charge in [0, 0.05) is 32.3 Å². The molecule has 3 rings (SSSR count). The van der Waals surface area contributed by atoms with Gasteiger partial charge in [-0.05, 0) is 56.4 Å². The summed E-state index contributed by atoms with van der Waals surface area (Å²) in [5.74, 6) is 0.526. The predicted molar refractivity (Wildman–Crippen MR) is 87.4 cm³/mol. The number of likely N-dealkylation sites (tertiary alicyclic amines) is 1. The molecule has 3 nitrogen and oxygen atoms in total. The number of hydrogen-bond donors (Lipinski definition) is 2. The van der Waals surface area contributed by atoms with Crippen molar-refractivity contribution in [1.82, 2.24) is 10.2 Å². The van der Waals surface area contributed by atoms with Crippen LogP contribution in [0.25, 0.3) is 0 Å². The summed E-state index contributed by atoms with van der Waals surface area (Å²) in [7, 11) is 0. The third kappa shape index (κ3) is 4.67. The lowest BCUT2D eigenvalue weighted by Crippen LogP contribution is -2.48. The lowest BCUT2D eigenvalue weighted by atomic mass is 9.79. The maximum atomic E-state index is 9.47. The van der Waals surface area contributed by atoms with Crippen LogP contribution < -0.4 is 5.32 Å². The van der Waals surface area contributed by atoms with Gasteiger partial charge in [-0.25, -0.2) is 0 Å². The zero-order valence-corrected chi connectivity index (χ0v) is 13.7. The van der Waals surface area contributed by atoms with Crippen LogP contribution in [-0.2, 0) is 0 Å². The van der Waals surface area contributed by atoms with E-state index in [1.54, 1.807) is 0 Å². The van der Waals surface area contributed by atoms with E-state index in [-0.39, 0.29) is 0 Å². The van der Waals surface area contributed by atoms with Crippen LogP contribution in [0.3, 0.4) is 0 Å².